The van der Waals surface area contributed by atoms with E-state index in [4.69, 9.17) is 4.65 Å². The van der Waals surface area contributed by atoms with Gasteiger partial charge in [-0.2, -0.15) is 0 Å². The van der Waals surface area contributed by atoms with Gasteiger partial charge in [-0.3, -0.25) is 19.5 Å². The van der Waals surface area contributed by atoms with Gasteiger partial charge in [0.25, 0.3) is 0 Å². The normalized spacial score (nSPS) is 10.2. The second-order valence-corrected chi connectivity index (χ2v) is 4.64. The van der Waals surface area contributed by atoms with Crippen LogP contribution in [0.25, 0.3) is 0 Å². The molecular formula is C13H19BN2O4. The Kier molecular flexibility index (Phi) is 6.18. The van der Waals surface area contributed by atoms with Gasteiger partial charge < -0.3 is 9.39 Å². The maximum Gasteiger partial charge on any atom is 0.410 e. The molecule has 0 saturated carbocycles. The number of carbonyl (C=O) groups is 2. The maximum absolute atomic E-state index is 11.7. The van der Waals surface area contributed by atoms with Crippen LogP contribution < -0.4 is 5.59 Å². The van der Waals surface area contributed by atoms with Crippen LogP contribution in [0.3, 0.4) is 0 Å². The molecular weight excluding hydrogens is 259 g/mol. The van der Waals surface area contributed by atoms with Crippen LogP contribution in [0.2, 0.25) is 6.82 Å². The summed E-state index contributed by atoms with van der Waals surface area (Å²) in [5, 5.41) is 0. The molecule has 1 aromatic rings. The molecule has 0 N–H and O–H groups in total. The van der Waals surface area contributed by atoms with Crippen molar-refractivity contribution in [2.24, 2.45) is 0 Å². The highest BCUT2D eigenvalue weighted by Crippen LogP contribution is 1.95. The van der Waals surface area contributed by atoms with E-state index in [0.717, 1.165) is 5.56 Å². The zero-order valence-electron chi connectivity index (χ0n) is 12.3. The summed E-state index contributed by atoms with van der Waals surface area (Å²) in [5.41, 5.74) is 1.74. The fourth-order valence-corrected chi connectivity index (χ4v) is 1.58. The zero-order valence-corrected chi connectivity index (χ0v) is 12.3. The van der Waals surface area contributed by atoms with Crippen LogP contribution >= 0.6 is 0 Å². The zero-order chi connectivity index (χ0) is 15.1. The molecule has 0 saturated heterocycles. The van der Waals surface area contributed by atoms with Crippen molar-refractivity contribution in [3.63, 3.8) is 0 Å². The smallest absolute Gasteiger partial charge is 0.410 e. The lowest BCUT2D eigenvalue weighted by atomic mass is 9.67. The topological polar surface area (TPSA) is 68.7 Å². The first kappa shape index (κ1) is 16.2. The Morgan fingerprint density at radius 3 is 2.50 bits per heavy atom. The van der Waals surface area contributed by atoms with Crippen molar-refractivity contribution >= 4 is 24.4 Å². The van der Waals surface area contributed by atoms with Crippen molar-refractivity contribution in [2.75, 3.05) is 27.2 Å². The molecule has 1 heterocycles. The third-order valence-corrected chi connectivity index (χ3v) is 2.68. The first-order valence-electron chi connectivity index (χ1n) is 6.29. The molecule has 0 spiro atoms. The van der Waals surface area contributed by atoms with E-state index in [0.29, 0.717) is 5.59 Å². The number of likely N-dealkylation sites (N-methyl/N-ethyl adjacent to an activating group) is 1. The number of carbonyl (C=O) groups excluding carboxylic acids is 2. The van der Waals surface area contributed by atoms with Gasteiger partial charge in [0, 0.05) is 6.20 Å². The average Bonchev–Trinajstić information content (AvgIpc) is 2.38. The Morgan fingerprint density at radius 1 is 1.30 bits per heavy atom. The first-order chi connectivity index (χ1) is 9.42. The van der Waals surface area contributed by atoms with Crippen molar-refractivity contribution in [3.05, 3.63) is 23.9 Å². The minimum Gasteiger partial charge on any atom is -0.529 e. The molecule has 0 aliphatic rings. The molecule has 0 bridgehead atoms. The van der Waals surface area contributed by atoms with Crippen molar-refractivity contribution < 1.29 is 19.0 Å². The number of hydrogen-bond donors (Lipinski definition) is 0. The largest absolute Gasteiger partial charge is 0.529 e. The molecule has 108 valence electrons. The van der Waals surface area contributed by atoms with Crippen LogP contribution in [-0.2, 0) is 19.0 Å². The van der Waals surface area contributed by atoms with Gasteiger partial charge in [-0.25, -0.2) is 0 Å². The maximum atomic E-state index is 11.7. The molecule has 6 nitrogen and oxygen atoms in total. The summed E-state index contributed by atoms with van der Waals surface area (Å²) in [6, 6.07) is 3.74. The summed E-state index contributed by atoms with van der Waals surface area (Å²) in [4.78, 5) is 28.5. The molecule has 0 amide bonds. The summed E-state index contributed by atoms with van der Waals surface area (Å²) in [6.07, 6.45) is 1.73. The van der Waals surface area contributed by atoms with Crippen LogP contribution in [0.1, 0.15) is 5.56 Å². The monoisotopic (exact) mass is 278 g/mol. The highest BCUT2D eigenvalue weighted by atomic mass is 16.5. The molecule has 0 atom stereocenters. The van der Waals surface area contributed by atoms with Crippen molar-refractivity contribution in [2.45, 2.75) is 13.7 Å². The number of hydrogen-bond acceptors (Lipinski definition) is 6. The van der Waals surface area contributed by atoms with Crippen LogP contribution in [-0.4, -0.2) is 56.0 Å². The highest BCUT2D eigenvalue weighted by molar-refractivity contribution is 6.66. The molecule has 0 aliphatic carbocycles. The van der Waals surface area contributed by atoms with Gasteiger partial charge in [-0.05, 0) is 32.4 Å². The lowest BCUT2D eigenvalue weighted by Crippen LogP contribution is -2.39. The predicted molar refractivity (Wildman–Crippen MR) is 75.8 cm³/mol. The Labute approximate surface area is 119 Å². The van der Waals surface area contributed by atoms with Crippen LogP contribution in [0.5, 0.6) is 0 Å². The molecule has 0 fully saturated rings. The van der Waals surface area contributed by atoms with E-state index in [1.54, 1.807) is 20.1 Å². The molecule has 7 heteroatoms. The number of pyridine rings is 1. The fraction of sp³-hybridized carbons (Fsp3) is 0.462. The number of esters is 1. The number of rotatable bonds is 6. The number of ether oxygens (including phenoxy) is 1. The fourth-order valence-electron chi connectivity index (χ4n) is 1.58. The van der Waals surface area contributed by atoms with E-state index >= 15 is 0 Å². The van der Waals surface area contributed by atoms with E-state index < -0.39 is 18.9 Å². The number of aromatic nitrogens is 1. The molecule has 0 aliphatic heterocycles. The van der Waals surface area contributed by atoms with Gasteiger partial charge in [0.1, 0.15) is 0 Å². The molecule has 1 aromatic heterocycles. The predicted octanol–water partition coefficient (Wildman–Crippen LogP) is -0.134. The molecule has 0 radical (unpaired) electrons. The Hall–Kier alpha value is -1.89. The van der Waals surface area contributed by atoms with E-state index in [9.17, 15) is 9.59 Å². The van der Waals surface area contributed by atoms with Crippen molar-refractivity contribution in [1.82, 2.24) is 9.88 Å². The molecule has 0 unspecified atom stereocenters. The summed E-state index contributed by atoms with van der Waals surface area (Å²) < 4.78 is 9.79. The lowest BCUT2D eigenvalue weighted by molar-refractivity contribution is -0.142. The third kappa shape index (κ3) is 5.40. The average molecular weight is 278 g/mol. The van der Waals surface area contributed by atoms with Gasteiger partial charge in [0.15, 0.2) is 0 Å². The summed E-state index contributed by atoms with van der Waals surface area (Å²) in [5.74, 6) is -0.806. The van der Waals surface area contributed by atoms with Crippen molar-refractivity contribution in [1.29, 1.82) is 0 Å². The standard InChI is InChI=1S/C13H19BN2O4/c1-10-5-6-11(15-7-10)14(2)20-13(18)9-16(3)8-12(17)19-4/h5-7H,8-9H2,1-4H3. The van der Waals surface area contributed by atoms with E-state index in [1.165, 1.54) is 12.0 Å². The minimum absolute atomic E-state index is 0.0191. The Balaban J connectivity index is 2.45. The van der Waals surface area contributed by atoms with Crippen LogP contribution in [0.15, 0.2) is 18.3 Å². The molecule has 0 aromatic carbocycles. The van der Waals surface area contributed by atoms with Gasteiger partial charge in [0.05, 0.1) is 25.8 Å². The summed E-state index contributed by atoms with van der Waals surface area (Å²) >= 11 is 0. The second-order valence-electron chi connectivity index (χ2n) is 4.64. The van der Waals surface area contributed by atoms with Crippen LogP contribution in [0.4, 0.5) is 0 Å². The molecule has 20 heavy (non-hydrogen) atoms. The van der Waals surface area contributed by atoms with Gasteiger partial charge >= 0.3 is 18.9 Å². The Morgan fingerprint density at radius 2 is 1.95 bits per heavy atom. The van der Waals surface area contributed by atoms with Crippen molar-refractivity contribution in [3.8, 4) is 0 Å². The van der Waals surface area contributed by atoms with E-state index in [-0.39, 0.29) is 13.1 Å². The molecule has 1 rings (SSSR count). The van der Waals surface area contributed by atoms with Gasteiger partial charge in [0.2, 0.25) is 0 Å². The summed E-state index contributed by atoms with van der Waals surface area (Å²) in [6.45, 7) is 3.34. The van der Waals surface area contributed by atoms with Crippen LogP contribution in [0, 0.1) is 6.92 Å². The first-order valence-corrected chi connectivity index (χ1v) is 6.29. The SMILES string of the molecule is COC(=O)CN(C)CC(=O)OB(C)c1ccc(C)cn1. The minimum atomic E-state index is -0.422. The highest BCUT2D eigenvalue weighted by Gasteiger charge is 2.20. The van der Waals surface area contributed by atoms with Gasteiger partial charge in [-0.15, -0.1) is 0 Å². The summed E-state index contributed by atoms with van der Waals surface area (Å²) in [7, 11) is 2.95. The number of aryl methyl sites for hydroxylation is 1. The quantitative estimate of drug-likeness (QED) is 0.533. The number of methoxy groups -OCH3 is 1. The second kappa shape index (κ2) is 7.64. The van der Waals surface area contributed by atoms with E-state index in [1.807, 2.05) is 19.1 Å². The lowest BCUT2D eigenvalue weighted by Gasteiger charge is -2.16. The van der Waals surface area contributed by atoms with Gasteiger partial charge in [-0.1, -0.05) is 6.07 Å². The third-order valence-electron chi connectivity index (χ3n) is 2.68. The van der Waals surface area contributed by atoms with E-state index in [2.05, 4.69) is 9.72 Å². The number of nitrogens with zero attached hydrogens (tertiary/aromatic N) is 2. The Bertz CT molecular complexity index is 464.